The van der Waals surface area contributed by atoms with Crippen LogP contribution in [0.1, 0.15) is 34.1 Å². The summed E-state index contributed by atoms with van der Waals surface area (Å²) in [5.74, 6) is -0.142. The van der Waals surface area contributed by atoms with E-state index in [2.05, 4.69) is 15.2 Å². The molecule has 1 aliphatic rings. The van der Waals surface area contributed by atoms with Crippen LogP contribution in [-0.4, -0.2) is 52.3 Å². The summed E-state index contributed by atoms with van der Waals surface area (Å²) in [6.45, 7) is 0.955. The Balaban J connectivity index is 1.71. The third-order valence-electron chi connectivity index (χ3n) is 4.13. The van der Waals surface area contributed by atoms with E-state index in [1.807, 2.05) is 0 Å². The van der Waals surface area contributed by atoms with Crippen molar-refractivity contribution in [3.05, 3.63) is 47.3 Å². The largest absolute Gasteiger partial charge is 0.376 e. The molecule has 0 saturated carbocycles. The van der Waals surface area contributed by atoms with Gasteiger partial charge in [-0.25, -0.2) is 9.37 Å². The molecule has 0 unspecified atom stereocenters. The minimum atomic E-state index is -0.638. The number of nitrogens with one attached hydrogen (secondary N) is 1. The maximum atomic E-state index is 13.4. The van der Waals surface area contributed by atoms with Gasteiger partial charge in [-0.3, -0.25) is 9.89 Å². The SMILES string of the molecule is CN(C[C@H]1OCC[C@H]1c1ncn[nH]1)C(=O)c1ccc(F)c(C#N)c1. The number of hydrogen-bond donors (Lipinski definition) is 1. The van der Waals surface area contributed by atoms with Gasteiger partial charge >= 0.3 is 0 Å². The highest BCUT2D eigenvalue weighted by atomic mass is 19.1. The Morgan fingerprint density at radius 2 is 2.42 bits per heavy atom. The first-order valence-corrected chi connectivity index (χ1v) is 7.52. The second kappa shape index (κ2) is 6.76. The van der Waals surface area contributed by atoms with E-state index in [1.54, 1.807) is 13.1 Å². The van der Waals surface area contributed by atoms with Gasteiger partial charge in [0.25, 0.3) is 5.91 Å². The summed E-state index contributed by atoms with van der Waals surface area (Å²) in [5, 5.41) is 15.6. The number of aromatic amines is 1. The molecule has 1 aromatic heterocycles. The number of H-pyrrole nitrogens is 1. The molecule has 2 aromatic rings. The molecule has 0 radical (unpaired) electrons. The lowest BCUT2D eigenvalue weighted by Gasteiger charge is -2.24. The normalized spacial score (nSPS) is 19.9. The minimum Gasteiger partial charge on any atom is -0.376 e. The number of rotatable bonds is 4. The number of ether oxygens (including phenoxy) is 1. The van der Waals surface area contributed by atoms with E-state index in [1.165, 1.54) is 23.4 Å². The lowest BCUT2D eigenvalue weighted by Crippen LogP contribution is -2.36. The van der Waals surface area contributed by atoms with Crippen molar-refractivity contribution < 1.29 is 13.9 Å². The van der Waals surface area contributed by atoms with Crippen molar-refractivity contribution in [2.75, 3.05) is 20.2 Å². The Labute approximate surface area is 138 Å². The van der Waals surface area contributed by atoms with Crippen LogP contribution in [-0.2, 0) is 4.74 Å². The quantitative estimate of drug-likeness (QED) is 0.916. The predicted octanol–water partition coefficient (Wildman–Crippen LogP) is 1.46. The first-order chi connectivity index (χ1) is 11.6. The summed E-state index contributed by atoms with van der Waals surface area (Å²) >= 11 is 0. The molecule has 8 heteroatoms. The van der Waals surface area contributed by atoms with Gasteiger partial charge in [-0.15, -0.1) is 0 Å². The van der Waals surface area contributed by atoms with Crippen molar-refractivity contribution in [2.24, 2.45) is 0 Å². The van der Waals surface area contributed by atoms with Gasteiger partial charge in [-0.05, 0) is 24.6 Å². The summed E-state index contributed by atoms with van der Waals surface area (Å²) in [5.41, 5.74) is 0.121. The zero-order valence-corrected chi connectivity index (χ0v) is 13.1. The second-order valence-corrected chi connectivity index (χ2v) is 5.67. The van der Waals surface area contributed by atoms with Gasteiger partial charge < -0.3 is 9.64 Å². The zero-order chi connectivity index (χ0) is 17.1. The third-order valence-corrected chi connectivity index (χ3v) is 4.13. The maximum Gasteiger partial charge on any atom is 0.253 e. The molecule has 1 amide bonds. The number of carbonyl (C=O) groups excluding carboxylic acids is 1. The van der Waals surface area contributed by atoms with Crippen LogP contribution >= 0.6 is 0 Å². The molecule has 3 rings (SSSR count). The fraction of sp³-hybridized carbons (Fsp3) is 0.375. The number of carbonyl (C=O) groups is 1. The predicted molar refractivity (Wildman–Crippen MR) is 81.6 cm³/mol. The third kappa shape index (κ3) is 3.12. The van der Waals surface area contributed by atoms with Crippen LogP contribution in [0, 0.1) is 17.1 Å². The second-order valence-electron chi connectivity index (χ2n) is 5.67. The molecule has 0 spiro atoms. The van der Waals surface area contributed by atoms with E-state index in [4.69, 9.17) is 10.00 Å². The minimum absolute atomic E-state index is 0.0469. The Hall–Kier alpha value is -2.79. The van der Waals surface area contributed by atoms with Gasteiger partial charge in [0.05, 0.1) is 11.7 Å². The Morgan fingerprint density at radius 3 is 3.12 bits per heavy atom. The average Bonchev–Trinajstić information content (AvgIpc) is 3.25. The topological polar surface area (TPSA) is 94.9 Å². The molecule has 2 heterocycles. The smallest absolute Gasteiger partial charge is 0.253 e. The van der Waals surface area contributed by atoms with Gasteiger partial charge in [0.2, 0.25) is 0 Å². The highest BCUT2D eigenvalue weighted by molar-refractivity contribution is 5.94. The Morgan fingerprint density at radius 1 is 1.58 bits per heavy atom. The fourth-order valence-corrected chi connectivity index (χ4v) is 2.85. The van der Waals surface area contributed by atoms with Crippen molar-refractivity contribution in [3.63, 3.8) is 0 Å². The van der Waals surface area contributed by atoms with Crippen LogP contribution in [0.2, 0.25) is 0 Å². The molecule has 1 aromatic carbocycles. The van der Waals surface area contributed by atoms with Crippen LogP contribution < -0.4 is 0 Å². The standard InChI is InChI=1S/C16H16FN5O2/c1-22(16(23)10-2-3-13(17)11(6-10)7-18)8-14-12(4-5-24-14)15-19-9-20-21-15/h2-3,6,9,12,14H,4-5,8H2,1H3,(H,19,20,21)/t12-,14-/m1/s1. The van der Waals surface area contributed by atoms with Gasteiger partial charge in [-0.2, -0.15) is 10.4 Å². The summed E-state index contributed by atoms with van der Waals surface area (Å²) in [6, 6.07) is 5.50. The van der Waals surface area contributed by atoms with Gasteiger partial charge in [-0.1, -0.05) is 0 Å². The Kier molecular flexibility index (Phi) is 4.53. The Bertz CT molecular complexity index is 771. The summed E-state index contributed by atoms with van der Waals surface area (Å²) in [4.78, 5) is 18.2. The number of amides is 1. The van der Waals surface area contributed by atoms with E-state index in [-0.39, 0.29) is 29.1 Å². The van der Waals surface area contributed by atoms with E-state index >= 15 is 0 Å². The molecule has 1 aliphatic heterocycles. The molecule has 124 valence electrons. The molecular formula is C16H16FN5O2. The number of hydrogen-bond acceptors (Lipinski definition) is 5. The summed E-state index contributed by atoms with van der Waals surface area (Å²) in [7, 11) is 1.65. The van der Waals surface area contributed by atoms with Crippen LogP contribution in [0.3, 0.4) is 0 Å². The van der Waals surface area contributed by atoms with Crippen LogP contribution in [0.15, 0.2) is 24.5 Å². The number of nitriles is 1. The number of aromatic nitrogens is 3. The van der Waals surface area contributed by atoms with Crippen molar-refractivity contribution in [3.8, 4) is 6.07 Å². The summed E-state index contributed by atoms with van der Waals surface area (Å²) < 4.78 is 19.1. The first-order valence-electron chi connectivity index (χ1n) is 7.52. The van der Waals surface area contributed by atoms with Gasteiger partial charge in [0.1, 0.15) is 24.0 Å². The molecule has 0 bridgehead atoms. The van der Waals surface area contributed by atoms with E-state index in [0.717, 1.165) is 18.3 Å². The molecule has 1 saturated heterocycles. The highest BCUT2D eigenvalue weighted by Crippen LogP contribution is 2.29. The zero-order valence-electron chi connectivity index (χ0n) is 13.1. The molecule has 1 N–H and O–H groups in total. The van der Waals surface area contributed by atoms with Crippen LogP contribution in [0.25, 0.3) is 0 Å². The molecule has 7 nitrogen and oxygen atoms in total. The summed E-state index contributed by atoms with van der Waals surface area (Å²) in [6.07, 6.45) is 2.06. The van der Waals surface area contributed by atoms with Crippen molar-refractivity contribution in [1.82, 2.24) is 20.1 Å². The number of likely N-dealkylation sites (N-methyl/N-ethyl adjacent to an activating group) is 1. The number of nitrogens with zero attached hydrogens (tertiary/aromatic N) is 4. The fourth-order valence-electron chi connectivity index (χ4n) is 2.85. The molecule has 0 aliphatic carbocycles. The van der Waals surface area contributed by atoms with Gasteiger partial charge in [0, 0.05) is 31.7 Å². The van der Waals surface area contributed by atoms with Crippen LogP contribution in [0.4, 0.5) is 4.39 Å². The first kappa shape index (κ1) is 16.1. The highest BCUT2D eigenvalue weighted by Gasteiger charge is 2.33. The van der Waals surface area contributed by atoms with Gasteiger partial charge in [0.15, 0.2) is 0 Å². The molecule has 1 fully saturated rings. The van der Waals surface area contributed by atoms with E-state index < -0.39 is 5.82 Å². The van der Waals surface area contributed by atoms with E-state index in [9.17, 15) is 9.18 Å². The van der Waals surface area contributed by atoms with Crippen molar-refractivity contribution in [1.29, 1.82) is 5.26 Å². The van der Waals surface area contributed by atoms with Crippen molar-refractivity contribution >= 4 is 5.91 Å². The average molecular weight is 329 g/mol. The molecular weight excluding hydrogens is 313 g/mol. The number of halogens is 1. The molecule has 24 heavy (non-hydrogen) atoms. The molecule has 2 atom stereocenters. The van der Waals surface area contributed by atoms with Crippen molar-refractivity contribution in [2.45, 2.75) is 18.4 Å². The maximum absolute atomic E-state index is 13.4. The lowest BCUT2D eigenvalue weighted by molar-refractivity contribution is 0.0550. The van der Waals surface area contributed by atoms with E-state index in [0.29, 0.717) is 13.2 Å². The lowest BCUT2D eigenvalue weighted by atomic mass is 10.00. The van der Waals surface area contributed by atoms with Crippen LogP contribution in [0.5, 0.6) is 0 Å². The monoisotopic (exact) mass is 329 g/mol. The number of benzene rings is 1.